The number of aromatic nitrogens is 2. The first-order valence-corrected chi connectivity index (χ1v) is 10.5. The Morgan fingerprint density at radius 1 is 1.19 bits per heavy atom. The van der Waals surface area contributed by atoms with Gasteiger partial charge in [0.1, 0.15) is 0 Å². The summed E-state index contributed by atoms with van der Waals surface area (Å²) in [5.41, 5.74) is 2.97. The first-order valence-electron chi connectivity index (χ1n) is 10.5. The number of aryl methyl sites for hydroxylation is 2. The third-order valence-corrected chi connectivity index (χ3v) is 5.36. The lowest BCUT2D eigenvalue weighted by molar-refractivity contribution is -0.136. The highest BCUT2D eigenvalue weighted by molar-refractivity contribution is 5.95. The summed E-state index contributed by atoms with van der Waals surface area (Å²) in [6, 6.07) is 12.7. The van der Waals surface area contributed by atoms with Crippen molar-refractivity contribution in [3.05, 3.63) is 81.9 Å². The lowest BCUT2D eigenvalue weighted by Gasteiger charge is -2.14. The van der Waals surface area contributed by atoms with E-state index in [4.69, 9.17) is 5.11 Å². The molecule has 0 saturated heterocycles. The number of hydrogen-bond acceptors (Lipinski definition) is 5. The van der Waals surface area contributed by atoms with Crippen molar-refractivity contribution < 1.29 is 14.7 Å². The first kappa shape index (κ1) is 21.3. The number of carboxylic acids is 1. The van der Waals surface area contributed by atoms with E-state index in [9.17, 15) is 14.4 Å². The summed E-state index contributed by atoms with van der Waals surface area (Å²) in [4.78, 5) is 40.8. The van der Waals surface area contributed by atoms with Gasteiger partial charge in [-0.25, -0.2) is 4.98 Å². The van der Waals surface area contributed by atoms with Crippen molar-refractivity contribution in [2.24, 2.45) is 0 Å². The molecule has 8 heteroatoms. The van der Waals surface area contributed by atoms with Gasteiger partial charge in [0.05, 0.1) is 5.69 Å². The second-order valence-corrected chi connectivity index (χ2v) is 7.88. The third kappa shape index (κ3) is 4.85. The summed E-state index contributed by atoms with van der Waals surface area (Å²) in [5.74, 6) is -0.926. The first-order chi connectivity index (χ1) is 15.4. The number of carboxylic acid groups (broad SMARTS) is 1. The maximum atomic E-state index is 13.2. The molecule has 0 unspecified atom stereocenters. The van der Waals surface area contributed by atoms with Crippen LogP contribution in [0.2, 0.25) is 0 Å². The van der Waals surface area contributed by atoms with Crippen LogP contribution in [0, 0.1) is 6.92 Å². The number of rotatable bonds is 8. The summed E-state index contributed by atoms with van der Waals surface area (Å²) in [6.45, 7) is 1.87. The number of nitrogens with one attached hydrogen (secondary N) is 2. The van der Waals surface area contributed by atoms with Crippen LogP contribution in [0.3, 0.4) is 0 Å². The Bertz CT molecular complexity index is 1230. The second kappa shape index (κ2) is 9.05. The van der Waals surface area contributed by atoms with Gasteiger partial charge in [-0.2, -0.15) is 0 Å². The number of nitrogens with zero attached hydrogens (tertiary/aromatic N) is 2. The average molecular weight is 432 g/mol. The Kier molecular flexibility index (Phi) is 6.02. The lowest BCUT2D eigenvalue weighted by Crippen LogP contribution is -2.26. The van der Waals surface area contributed by atoms with E-state index in [0.717, 1.165) is 24.0 Å². The van der Waals surface area contributed by atoms with Crippen LogP contribution in [0.5, 0.6) is 0 Å². The van der Waals surface area contributed by atoms with Crippen LogP contribution in [0.15, 0.2) is 59.7 Å². The zero-order valence-corrected chi connectivity index (χ0v) is 17.7. The highest BCUT2D eigenvalue weighted by atomic mass is 16.4. The van der Waals surface area contributed by atoms with Gasteiger partial charge in [-0.1, -0.05) is 24.3 Å². The molecule has 1 amide bonds. The molecule has 0 aliphatic heterocycles. The van der Waals surface area contributed by atoms with Gasteiger partial charge in [0.2, 0.25) is 0 Å². The Morgan fingerprint density at radius 2 is 1.97 bits per heavy atom. The number of aliphatic carboxylic acids is 1. The number of amides is 1. The van der Waals surface area contributed by atoms with Crippen molar-refractivity contribution >= 4 is 23.4 Å². The maximum Gasteiger partial charge on any atom is 0.303 e. The molecule has 1 aromatic heterocycles. The number of para-hydroxylation sites is 1. The normalized spacial score (nSPS) is 12.9. The van der Waals surface area contributed by atoms with Crippen LogP contribution in [0.1, 0.15) is 40.7 Å². The molecule has 8 nitrogen and oxygen atoms in total. The fourth-order valence-electron chi connectivity index (χ4n) is 3.42. The van der Waals surface area contributed by atoms with E-state index < -0.39 is 5.97 Å². The molecule has 4 rings (SSSR count). The molecule has 0 spiro atoms. The molecule has 3 N–H and O–H groups in total. The predicted molar refractivity (Wildman–Crippen MR) is 121 cm³/mol. The van der Waals surface area contributed by atoms with Gasteiger partial charge >= 0.3 is 5.97 Å². The second-order valence-electron chi connectivity index (χ2n) is 7.88. The van der Waals surface area contributed by atoms with Crippen molar-refractivity contribution in [3.63, 3.8) is 0 Å². The molecule has 2 aromatic carbocycles. The van der Waals surface area contributed by atoms with Gasteiger partial charge in [0.15, 0.2) is 5.82 Å². The fourth-order valence-corrected chi connectivity index (χ4v) is 3.42. The topological polar surface area (TPSA) is 113 Å². The van der Waals surface area contributed by atoms with E-state index in [2.05, 4.69) is 15.6 Å². The van der Waals surface area contributed by atoms with E-state index in [1.54, 1.807) is 30.5 Å². The van der Waals surface area contributed by atoms with Crippen molar-refractivity contribution in [2.45, 2.75) is 38.6 Å². The highest BCUT2D eigenvalue weighted by Gasteiger charge is 2.24. The molecule has 1 aliphatic rings. The number of carbonyl (C=O) groups is 2. The summed E-state index contributed by atoms with van der Waals surface area (Å²) >= 11 is 0. The molecule has 164 valence electrons. The monoisotopic (exact) mass is 432 g/mol. The summed E-state index contributed by atoms with van der Waals surface area (Å²) < 4.78 is 1.46. The van der Waals surface area contributed by atoms with Crippen molar-refractivity contribution in [3.8, 4) is 5.69 Å². The Hall–Kier alpha value is -3.94. The highest BCUT2D eigenvalue weighted by Crippen LogP contribution is 2.22. The zero-order chi connectivity index (χ0) is 22.7. The van der Waals surface area contributed by atoms with Crippen LogP contribution in [0.4, 0.5) is 11.5 Å². The molecule has 1 saturated carbocycles. The van der Waals surface area contributed by atoms with Gasteiger partial charge < -0.3 is 15.7 Å². The molecule has 0 atom stereocenters. The van der Waals surface area contributed by atoms with Crippen LogP contribution < -0.4 is 16.2 Å². The largest absolute Gasteiger partial charge is 0.481 e. The summed E-state index contributed by atoms with van der Waals surface area (Å²) in [7, 11) is 0. The number of hydrogen-bond donors (Lipinski definition) is 3. The van der Waals surface area contributed by atoms with E-state index in [0.29, 0.717) is 23.4 Å². The molecule has 1 heterocycles. The minimum absolute atomic E-state index is 0.0138. The SMILES string of the molecule is Cc1ccc(C(=O)NC2CC2)cc1-n1ccnc(Nc2ccccc2CCC(=O)O)c1=O. The van der Waals surface area contributed by atoms with Crippen molar-refractivity contribution in [2.75, 3.05) is 5.32 Å². The van der Waals surface area contributed by atoms with Crippen LogP contribution in [0.25, 0.3) is 5.69 Å². The average Bonchev–Trinajstić information content (AvgIpc) is 3.59. The van der Waals surface area contributed by atoms with Crippen molar-refractivity contribution in [1.82, 2.24) is 14.9 Å². The molecule has 3 aromatic rings. The lowest BCUT2D eigenvalue weighted by atomic mass is 10.1. The zero-order valence-electron chi connectivity index (χ0n) is 17.7. The Balaban J connectivity index is 1.65. The molecule has 1 fully saturated rings. The van der Waals surface area contributed by atoms with E-state index in [1.807, 2.05) is 25.1 Å². The number of carbonyl (C=O) groups excluding carboxylic acids is 1. The van der Waals surface area contributed by atoms with E-state index >= 15 is 0 Å². The minimum atomic E-state index is -0.888. The van der Waals surface area contributed by atoms with Crippen molar-refractivity contribution in [1.29, 1.82) is 0 Å². The van der Waals surface area contributed by atoms with Gasteiger partial charge in [-0.15, -0.1) is 0 Å². The quantitative estimate of drug-likeness (QED) is 0.504. The Morgan fingerprint density at radius 3 is 2.72 bits per heavy atom. The summed E-state index contributed by atoms with van der Waals surface area (Å²) in [5, 5.41) is 15.0. The number of benzene rings is 2. The predicted octanol–water partition coefficient (Wildman–Crippen LogP) is 3.19. The van der Waals surface area contributed by atoms with Gasteiger partial charge in [0.25, 0.3) is 11.5 Å². The molecule has 0 bridgehead atoms. The smallest absolute Gasteiger partial charge is 0.303 e. The fraction of sp³-hybridized carbons (Fsp3) is 0.250. The van der Waals surface area contributed by atoms with E-state index in [-0.39, 0.29) is 29.7 Å². The molecule has 32 heavy (non-hydrogen) atoms. The minimum Gasteiger partial charge on any atom is -0.481 e. The van der Waals surface area contributed by atoms with E-state index in [1.165, 1.54) is 10.8 Å². The molecule has 1 aliphatic carbocycles. The molecular weight excluding hydrogens is 408 g/mol. The van der Waals surface area contributed by atoms with Gasteiger partial charge in [-0.05, 0) is 55.5 Å². The van der Waals surface area contributed by atoms with Crippen LogP contribution in [-0.2, 0) is 11.2 Å². The van der Waals surface area contributed by atoms with Gasteiger partial charge in [-0.3, -0.25) is 19.0 Å². The molecular formula is C24H24N4O4. The third-order valence-electron chi connectivity index (χ3n) is 5.36. The van der Waals surface area contributed by atoms with Crippen LogP contribution in [-0.4, -0.2) is 32.6 Å². The maximum absolute atomic E-state index is 13.2. The van der Waals surface area contributed by atoms with Gasteiger partial charge in [0, 0.05) is 36.1 Å². The molecule has 0 radical (unpaired) electrons. The standard InChI is InChI=1S/C24H24N4O4/c1-15-6-7-17(23(31)26-18-9-10-18)14-20(15)28-13-12-25-22(24(28)32)27-19-5-3-2-4-16(19)8-11-21(29)30/h2-7,12-14,18H,8-11H2,1H3,(H,25,27)(H,26,31)(H,29,30). The summed E-state index contributed by atoms with van der Waals surface area (Å²) in [6.07, 6.45) is 5.39. The Labute approximate surface area is 184 Å². The van der Waals surface area contributed by atoms with Crippen LogP contribution >= 0.6 is 0 Å². The number of anilines is 2.